The van der Waals surface area contributed by atoms with Gasteiger partial charge in [-0.1, -0.05) is 18.2 Å². The number of nitrogens with zero attached hydrogens (tertiary/aromatic N) is 2. The van der Waals surface area contributed by atoms with Gasteiger partial charge in [-0.05, 0) is 75.5 Å². The molecule has 4 aliphatic carbocycles. The van der Waals surface area contributed by atoms with Crippen LogP contribution >= 0.6 is 0 Å². The number of allylic oxidation sites excluding steroid dienone is 2. The van der Waals surface area contributed by atoms with Gasteiger partial charge in [0.25, 0.3) is 0 Å². The molecule has 3 heterocycles. The van der Waals surface area contributed by atoms with E-state index in [9.17, 15) is 19.8 Å². The summed E-state index contributed by atoms with van der Waals surface area (Å²) in [4.78, 5) is 31.2. The Labute approximate surface area is 204 Å². The number of hydrogen-bond donors (Lipinski definition) is 2. The number of likely N-dealkylation sites (tertiary alicyclic amines) is 2. The number of rotatable bonds is 3. The highest BCUT2D eigenvalue weighted by molar-refractivity contribution is 6.06. The van der Waals surface area contributed by atoms with Crippen LogP contribution in [0.4, 0.5) is 0 Å². The number of fused-ring (bicyclic) bond motifs is 1. The van der Waals surface area contributed by atoms with Crippen molar-refractivity contribution >= 4 is 11.8 Å². The zero-order chi connectivity index (χ0) is 23.7. The van der Waals surface area contributed by atoms with Gasteiger partial charge in [-0.2, -0.15) is 0 Å². The third kappa shape index (κ3) is 2.40. The Bertz CT molecular complexity index is 1170. The number of aliphatic hydroxyl groups is 1. The molecule has 2 bridgehead atoms. The maximum atomic E-state index is 13.6. The lowest BCUT2D eigenvalue weighted by molar-refractivity contribution is -0.201. The zero-order valence-electron chi connectivity index (χ0n) is 19.9. The number of hydrogen-bond acceptors (Lipinski definition) is 6. The second-order valence-electron chi connectivity index (χ2n) is 12.1. The monoisotopic (exact) mass is 476 g/mol. The summed E-state index contributed by atoms with van der Waals surface area (Å²) in [6, 6.07) is 3.26. The summed E-state index contributed by atoms with van der Waals surface area (Å²) in [5, 5.41) is 23.4. The summed E-state index contributed by atoms with van der Waals surface area (Å²) in [5.74, 6) is 0.552. The number of phenolic OH excluding ortho intramolecular Hbond substituents is 1. The van der Waals surface area contributed by atoms with Crippen LogP contribution in [-0.4, -0.2) is 68.7 Å². The van der Waals surface area contributed by atoms with Gasteiger partial charge < -0.3 is 14.9 Å². The fraction of sp³-hybridized carbons (Fsp3) is 0.643. The Morgan fingerprint density at radius 2 is 1.77 bits per heavy atom. The summed E-state index contributed by atoms with van der Waals surface area (Å²) >= 11 is 0. The van der Waals surface area contributed by atoms with Gasteiger partial charge in [-0.3, -0.25) is 19.4 Å². The Morgan fingerprint density at radius 1 is 1.03 bits per heavy atom. The zero-order valence-corrected chi connectivity index (χ0v) is 19.9. The Hall–Kier alpha value is -2.38. The standard InChI is InChI=1S/C28H32N2O5/c31-20-8-7-16-13-21-28(34)10-9-19(30-25(32)17-3-1-2-4-18(17)26(30)33)24-27(28,22(16)23(20)35-24)11-12-29(21)14-15-5-6-15/h1-2,7-8,15,17-19,21,24,31,34H,3-6,9-14H2/t17-,18+,19-,21-,24+,27+,28?/m1/s1. The van der Waals surface area contributed by atoms with E-state index in [4.69, 9.17) is 4.74 Å². The van der Waals surface area contributed by atoms with Crippen molar-refractivity contribution in [1.29, 1.82) is 0 Å². The summed E-state index contributed by atoms with van der Waals surface area (Å²) in [5.41, 5.74) is 0.353. The minimum absolute atomic E-state index is 0.0105. The smallest absolute Gasteiger partial charge is 0.233 e. The fourth-order valence-corrected chi connectivity index (χ4v) is 8.87. The van der Waals surface area contributed by atoms with E-state index >= 15 is 0 Å². The first-order chi connectivity index (χ1) is 16.9. The van der Waals surface area contributed by atoms with Gasteiger partial charge in [0, 0.05) is 18.2 Å². The molecule has 1 spiro atoms. The molecule has 0 radical (unpaired) electrons. The highest BCUT2D eigenvalue weighted by Crippen LogP contribution is 2.66. The number of carbonyl (C=O) groups is 2. The molecule has 7 nitrogen and oxygen atoms in total. The molecule has 7 aliphatic rings. The summed E-state index contributed by atoms with van der Waals surface area (Å²) in [6.07, 6.45) is 9.78. The molecule has 2 saturated carbocycles. The van der Waals surface area contributed by atoms with Crippen molar-refractivity contribution in [2.24, 2.45) is 17.8 Å². The maximum absolute atomic E-state index is 13.6. The van der Waals surface area contributed by atoms with Crippen molar-refractivity contribution in [2.45, 2.75) is 80.6 Å². The number of ether oxygens (including phenoxy) is 1. The number of carbonyl (C=O) groups excluding carboxylic acids is 2. The van der Waals surface area contributed by atoms with E-state index in [-0.39, 0.29) is 35.4 Å². The third-order valence-corrected chi connectivity index (χ3v) is 10.6. The summed E-state index contributed by atoms with van der Waals surface area (Å²) in [7, 11) is 0. The number of piperidine rings is 1. The second-order valence-corrected chi connectivity index (χ2v) is 12.1. The molecular weight excluding hydrogens is 444 g/mol. The van der Waals surface area contributed by atoms with Gasteiger partial charge >= 0.3 is 0 Å². The molecule has 8 rings (SSSR count). The highest BCUT2D eigenvalue weighted by Gasteiger charge is 2.74. The molecule has 1 aromatic rings. The van der Waals surface area contributed by atoms with Crippen LogP contribution in [0, 0.1) is 17.8 Å². The number of imide groups is 1. The van der Waals surface area contributed by atoms with E-state index in [2.05, 4.69) is 4.90 Å². The molecule has 2 amide bonds. The van der Waals surface area contributed by atoms with Crippen LogP contribution in [0.25, 0.3) is 0 Å². The largest absolute Gasteiger partial charge is 0.504 e. The molecule has 3 aliphatic heterocycles. The van der Waals surface area contributed by atoms with Gasteiger partial charge in [-0.15, -0.1) is 0 Å². The fourth-order valence-electron chi connectivity index (χ4n) is 8.87. The van der Waals surface area contributed by atoms with Crippen LogP contribution in [-0.2, 0) is 21.4 Å². The lowest BCUT2D eigenvalue weighted by atomic mass is 9.48. The number of phenols is 1. The molecule has 2 saturated heterocycles. The Morgan fingerprint density at radius 3 is 2.49 bits per heavy atom. The quantitative estimate of drug-likeness (QED) is 0.514. The first-order valence-electron chi connectivity index (χ1n) is 13.4. The SMILES string of the molecule is O=C1[C@H]2CC=CC[C@H]2C(=O)N1[C@@H]1CCC2(O)[C@H]3Cc4ccc(O)c5c4[C@@]2(CCN3CC2CC2)[C@H]1O5. The van der Waals surface area contributed by atoms with Crippen LogP contribution < -0.4 is 4.74 Å². The van der Waals surface area contributed by atoms with Crippen LogP contribution in [0.15, 0.2) is 24.3 Å². The minimum Gasteiger partial charge on any atom is -0.504 e. The van der Waals surface area contributed by atoms with Crippen molar-refractivity contribution in [3.63, 3.8) is 0 Å². The Kier molecular flexibility index (Phi) is 3.97. The predicted molar refractivity (Wildman–Crippen MR) is 126 cm³/mol. The first kappa shape index (κ1) is 20.8. The highest BCUT2D eigenvalue weighted by atomic mass is 16.5. The van der Waals surface area contributed by atoms with E-state index in [1.807, 2.05) is 18.2 Å². The maximum Gasteiger partial charge on any atom is 0.233 e. The number of amides is 2. The van der Waals surface area contributed by atoms with Gasteiger partial charge in [0.15, 0.2) is 11.5 Å². The summed E-state index contributed by atoms with van der Waals surface area (Å²) < 4.78 is 6.59. The van der Waals surface area contributed by atoms with Crippen molar-refractivity contribution in [3.8, 4) is 11.5 Å². The van der Waals surface area contributed by atoms with Crippen LogP contribution in [0.3, 0.4) is 0 Å². The average Bonchev–Trinajstić information content (AvgIpc) is 3.54. The normalized spacial score (nSPS) is 43.2. The van der Waals surface area contributed by atoms with Gasteiger partial charge in [-0.25, -0.2) is 0 Å². The van der Waals surface area contributed by atoms with E-state index in [0.29, 0.717) is 37.9 Å². The van der Waals surface area contributed by atoms with Gasteiger partial charge in [0.2, 0.25) is 11.8 Å². The van der Waals surface area contributed by atoms with E-state index in [1.54, 1.807) is 6.07 Å². The average molecular weight is 477 g/mol. The molecule has 4 fully saturated rings. The molecule has 35 heavy (non-hydrogen) atoms. The van der Waals surface area contributed by atoms with Crippen molar-refractivity contribution < 1.29 is 24.5 Å². The molecule has 1 unspecified atom stereocenters. The molecule has 1 aromatic carbocycles. The van der Waals surface area contributed by atoms with E-state index in [1.165, 1.54) is 17.7 Å². The van der Waals surface area contributed by atoms with Crippen molar-refractivity contribution in [3.05, 3.63) is 35.4 Å². The van der Waals surface area contributed by atoms with E-state index < -0.39 is 23.2 Å². The van der Waals surface area contributed by atoms with E-state index in [0.717, 1.165) is 36.6 Å². The molecule has 0 aromatic heterocycles. The topological polar surface area (TPSA) is 90.3 Å². The van der Waals surface area contributed by atoms with Crippen molar-refractivity contribution in [2.75, 3.05) is 13.1 Å². The molecule has 7 heteroatoms. The van der Waals surface area contributed by atoms with Crippen LogP contribution in [0.1, 0.15) is 56.1 Å². The molecule has 2 N–H and O–H groups in total. The van der Waals surface area contributed by atoms with Gasteiger partial charge in [0.05, 0.1) is 28.9 Å². The van der Waals surface area contributed by atoms with Crippen LogP contribution in [0.5, 0.6) is 11.5 Å². The molecule has 7 atom stereocenters. The Balaban J connectivity index is 1.25. The molecule has 184 valence electrons. The third-order valence-electron chi connectivity index (χ3n) is 10.6. The number of benzene rings is 1. The van der Waals surface area contributed by atoms with Gasteiger partial charge in [0.1, 0.15) is 6.10 Å². The number of aromatic hydroxyl groups is 1. The van der Waals surface area contributed by atoms with Crippen molar-refractivity contribution in [1.82, 2.24) is 9.80 Å². The lowest BCUT2D eigenvalue weighted by Crippen LogP contribution is -2.78. The lowest BCUT2D eigenvalue weighted by Gasteiger charge is -2.64. The first-order valence-corrected chi connectivity index (χ1v) is 13.4. The second kappa shape index (κ2) is 6.68. The summed E-state index contributed by atoms with van der Waals surface area (Å²) in [6.45, 7) is 1.89. The predicted octanol–water partition coefficient (Wildman–Crippen LogP) is 2.28. The molecular formula is C28H32N2O5. The minimum atomic E-state index is -1.01. The van der Waals surface area contributed by atoms with Crippen LogP contribution in [0.2, 0.25) is 0 Å².